The van der Waals surface area contributed by atoms with Gasteiger partial charge in [-0.25, -0.2) is 0 Å². The number of allylic oxidation sites excluding steroid dienone is 13. The quantitative estimate of drug-likeness (QED) is 0.0420. The van der Waals surface area contributed by atoms with Gasteiger partial charge in [0.2, 0.25) is 5.91 Å². The van der Waals surface area contributed by atoms with E-state index in [0.29, 0.717) is 6.42 Å². The predicted octanol–water partition coefficient (Wildman–Crippen LogP) is 25.4. The fraction of sp³-hybridized carbons (Fsp3) is 0.808. The highest BCUT2D eigenvalue weighted by atomic mass is 16.3. The Kier molecular flexibility index (Phi) is 70.7. The van der Waals surface area contributed by atoms with Crippen LogP contribution in [0.1, 0.15) is 386 Å². The lowest BCUT2D eigenvalue weighted by Gasteiger charge is -2.19. The Bertz CT molecular complexity index is 1440. The lowest BCUT2D eigenvalue weighted by molar-refractivity contribution is -0.123. The molecule has 1 amide bonds. The maximum absolute atomic E-state index is 12.6. The Labute approximate surface area is 513 Å². The third kappa shape index (κ3) is 68.4. The normalized spacial score (nSPS) is 13.2. The summed E-state index contributed by atoms with van der Waals surface area (Å²) in [6.45, 7) is 4.22. The summed E-state index contributed by atoms with van der Waals surface area (Å²) in [5.41, 5.74) is 0. The van der Waals surface area contributed by atoms with Gasteiger partial charge < -0.3 is 15.5 Å². The molecule has 0 heterocycles. The van der Waals surface area contributed by atoms with Gasteiger partial charge in [0, 0.05) is 6.42 Å². The summed E-state index contributed by atoms with van der Waals surface area (Å²) in [5.74, 6) is -0.0678. The van der Waals surface area contributed by atoms with Crippen molar-refractivity contribution in [1.82, 2.24) is 5.32 Å². The lowest BCUT2D eigenvalue weighted by atomic mass is 10.0. The van der Waals surface area contributed by atoms with E-state index in [9.17, 15) is 15.0 Å². The Morgan fingerprint density at radius 2 is 0.549 bits per heavy atom. The van der Waals surface area contributed by atoms with Gasteiger partial charge >= 0.3 is 0 Å². The second kappa shape index (κ2) is 72.8. The Morgan fingerprint density at radius 3 is 0.854 bits per heavy atom. The summed E-state index contributed by atoms with van der Waals surface area (Å²) in [4.78, 5) is 12.6. The van der Waals surface area contributed by atoms with Gasteiger partial charge in [0.05, 0.1) is 18.8 Å². The van der Waals surface area contributed by atoms with E-state index in [1.54, 1.807) is 6.08 Å². The van der Waals surface area contributed by atoms with Crippen LogP contribution in [0.4, 0.5) is 0 Å². The van der Waals surface area contributed by atoms with Crippen LogP contribution in [0, 0.1) is 0 Å². The number of carbonyl (C=O) groups excluding carboxylic acids is 1. The first-order valence-electron chi connectivity index (χ1n) is 36.8. The van der Waals surface area contributed by atoms with Crippen LogP contribution in [0.15, 0.2) is 85.1 Å². The Hall–Kier alpha value is -2.43. The summed E-state index contributed by atoms with van der Waals surface area (Å²) >= 11 is 0. The molecule has 3 N–H and O–H groups in total. The zero-order chi connectivity index (χ0) is 59.1. The van der Waals surface area contributed by atoms with Crippen molar-refractivity contribution >= 4 is 5.91 Å². The van der Waals surface area contributed by atoms with Crippen molar-refractivity contribution in [2.45, 2.75) is 398 Å². The average molecular weight is 1140 g/mol. The SMILES string of the molecule is CC/C=C\C/C=C\C/C=C\C/C=C\C/C=C\CCCCCCCCCCCCCCCCCCCCCCCCCC(=O)NC(CO)C(O)/C=C/CC/C=C/CCCCCCCCCCCCCCCCCCCCCCCCCCC. The third-order valence-electron chi connectivity index (χ3n) is 16.9. The Morgan fingerprint density at radius 1 is 0.305 bits per heavy atom. The first-order valence-corrected chi connectivity index (χ1v) is 36.8. The molecule has 2 atom stereocenters. The summed E-state index contributed by atoms with van der Waals surface area (Å²) in [5, 5.41) is 23.3. The van der Waals surface area contributed by atoms with Crippen molar-refractivity contribution in [1.29, 1.82) is 0 Å². The number of aliphatic hydroxyl groups is 2. The second-order valence-electron chi connectivity index (χ2n) is 25.0. The molecule has 0 fully saturated rings. The molecule has 2 unspecified atom stereocenters. The maximum atomic E-state index is 12.6. The number of amides is 1. The molecule has 0 aliphatic rings. The highest BCUT2D eigenvalue weighted by molar-refractivity contribution is 5.76. The summed E-state index contributed by atoms with van der Waals surface area (Å²) < 4.78 is 0. The largest absolute Gasteiger partial charge is 0.394 e. The highest BCUT2D eigenvalue weighted by Gasteiger charge is 2.18. The number of unbranched alkanes of at least 4 members (excludes halogenated alkanes) is 49. The van der Waals surface area contributed by atoms with Crippen LogP contribution in [0.5, 0.6) is 0 Å². The predicted molar refractivity (Wildman–Crippen MR) is 368 cm³/mol. The van der Waals surface area contributed by atoms with E-state index in [4.69, 9.17) is 0 Å². The first-order chi connectivity index (χ1) is 40.7. The van der Waals surface area contributed by atoms with E-state index < -0.39 is 12.1 Å². The minimum absolute atomic E-state index is 0.0678. The summed E-state index contributed by atoms with van der Waals surface area (Å²) in [7, 11) is 0. The van der Waals surface area contributed by atoms with Gasteiger partial charge in [-0.3, -0.25) is 4.79 Å². The van der Waals surface area contributed by atoms with E-state index >= 15 is 0 Å². The fourth-order valence-electron chi connectivity index (χ4n) is 11.3. The van der Waals surface area contributed by atoms with Gasteiger partial charge in [-0.1, -0.05) is 388 Å². The minimum atomic E-state index is -0.866. The number of hydrogen-bond acceptors (Lipinski definition) is 3. The standard InChI is InChI=1S/C78H143NO3/c1-3-5-7-9-11-13-15-17-19-21-23-25-27-29-31-33-35-36-37-38-39-40-41-42-44-46-48-50-52-54-56-58-60-62-64-66-68-70-72-74-78(82)79-76(75-80)77(81)73-71-69-67-65-63-61-59-57-55-53-51-49-47-45-43-34-32-30-28-26-24-22-20-18-16-14-12-10-8-6-4-2/h5,7,11,13,17,19,23,25,29,31,63,65,71,73,76-77,80-81H,3-4,6,8-10,12,14-16,18,20-22,24,26-28,30,32-62,64,66-70,72,74-75H2,1-2H3,(H,79,82)/b7-5-,13-11-,19-17-,25-23-,31-29-,65-63+,73-71+. The molecule has 0 saturated carbocycles. The number of carbonyl (C=O) groups is 1. The number of aliphatic hydroxyl groups excluding tert-OH is 2. The van der Waals surface area contributed by atoms with Gasteiger partial charge in [0.25, 0.3) is 0 Å². The molecule has 0 aliphatic carbocycles. The van der Waals surface area contributed by atoms with Crippen molar-refractivity contribution in [2.24, 2.45) is 0 Å². The smallest absolute Gasteiger partial charge is 0.220 e. The highest BCUT2D eigenvalue weighted by Crippen LogP contribution is 2.19. The van der Waals surface area contributed by atoms with Gasteiger partial charge in [-0.15, -0.1) is 0 Å². The summed E-state index contributed by atoms with van der Waals surface area (Å²) in [6, 6.07) is -0.643. The first kappa shape index (κ1) is 79.6. The van der Waals surface area contributed by atoms with Gasteiger partial charge in [-0.2, -0.15) is 0 Å². The zero-order valence-corrected chi connectivity index (χ0v) is 55.3. The van der Waals surface area contributed by atoms with Crippen LogP contribution in [-0.2, 0) is 4.79 Å². The molecule has 4 nitrogen and oxygen atoms in total. The topological polar surface area (TPSA) is 69.6 Å². The molecule has 0 spiro atoms. The van der Waals surface area contributed by atoms with Crippen molar-refractivity contribution in [3.8, 4) is 0 Å². The van der Waals surface area contributed by atoms with Crippen molar-refractivity contribution in [2.75, 3.05) is 6.61 Å². The molecule has 4 heteroatoms. The number of rotatable bonds is 68. The zero-order valence-electron chi connectivity index (χ0n) is 55.3. The van der Waals surface area contributed by atoms with E-state index in [0.717, 1.165) is 64.2 Å². The Balaban J connectivity index is 3.45. The van der Waals surface area contributed by atoms with Crippen molar-refractivity contribution < 1.29 is 15.0 Å². The molecule has 0 aromatic carbocycles. The molecule has 0 rings (SSSR count). The number of hydrogen-bond donors (Lipinski definition) is 3. The lowest BCUT2D eigenvalue weighted by Crippen LogP contribution is -2.45. The van der Waals surface area contributed by atoms with E-state index in [2.05, 4.69) is 92.1 Å². The molecular formula is C78H143NO3. The molecule has 0 aromatic rings. The van der Waals surface area contributed by atoms with Crippen LogP contribution >= 0.6 is 0 Å². The van der Waals surface area contributed by atoms with Gasteiger partial charge in [-0.05, 0) is 77.0 Å². The van der Waals surface area contributed by atoms with Gasteiger partial charge in [0.15, 0.2) is 0 Å². The van der Waals surface area contributed by atoms with Crippen LogP contribution < -0.4 is 5.32 Å². The minimum Gasteiger partial charge on any atom is -0.394 e. The monoisotopic (exact) mass is 1140 g/mol. The molecular weight excluding hydrogens is 999 g/mol. The van der Waals surface area contributed by atoms with E-state index in [1.165, 1.54) is 302 Å². The fourth-order valence-corrected chi connectivity index (χ4v) is 11.3. The van der Waals surface area contributed by atoms with E-state index in [-0.39, 0.29) is 12.5 Å². The van der Waals surface area contributed by atoms with Crippen LogP contribution in [0.3, 0.4) is 0 Å². The third-order valence-corrected chi connectivity index (χ3v) is 16.9. The van der Waals surface area contributed by atoms with Gasteiger partial charge in [0.1, 0.15) is 0 Å². The molecule has 0 radical (unpaired) electrons. The molecule has 0 aromatic heterocycles. The summed E-state index contributed by atoms with van der Waals surface area (Å²) in [6.07, 6.45) is 107. The van der Waals surface area contributed by atoms with E-state index in [1.807, 2.05) is 6.08 Å². The van der Waals surface area contributed by atoms with Crippen LogP contribution in [0.2, 0.25) is 0 Å². The van der Waals surface area contributed by atoms with Crippen LogP contribution in [-0.4, -0.2) is 34.9 Å². The molecule has 478 valence electrons. The molecule has 82 heavy (non-hydrogen) atoms. The van der Waals surface area contributed by atoms with Crippen LogP contribution in [0.25, 0.3) is 0 Å². The van der Waals surface area contributed by atoms with Crippen molar-refractivity contribution in [3.63, 3.8) is 0 Å². The average Bonchev–Trinajstić information content (AvgIpc) is 3.50. The second-order valence-corrected chi connectivity index (χ2v) is 25.0. The maximum Gasteiger partial charge on any atom is 0.220 e. The molecule has 0 saturated heterocycles. The molecule has 0 aliphatic heterocycles. The molecule has 0 bridgehead atoms. The number of nitrogens with one attached hydrogen (secondary N) is 1. The van der Waals surface area contributed by atoms with Crippen molar-refractivity contribution in [3.05, 3.63) is 85.1 Å².